The molecular formula is C22H33FN4O. The van der Waals surface area contributed by atoms with Gasteiger partial charge in [0, 0.05) is 37.1 Å². The van der Waals surface area contributed by atoms with Crippen molar-refractivity contribution in [1.29, 1.82) is 0 Å². The van der Waals surface area contributed by atoms with E-state index >= 15 is 0 Å². The fraction of sp³-hybridized carbons (Fsp3) is 0.682. The molecule has 6 heteroatoms. The zero-order valence-electron chi connectivity index (χ0n) is 16.7. The minimum atomic E-state index is -0.931. The number of nitrogens with two attached hydrogens (primary N) is 1. The lowest BCUT2D eigenvalue weighted by molar-refractivity contribution is -0.135. The number of carbonyl (C=O) groups excluding carboxylic acids is 1. The second kappa shape index (κ2) is 8.47. The zero-order chi connectivity index (χ0) is 19.7. The van der Waals surface area contributed by atoms with Crippen LogP contribution in [0.4, 0.5) is 4.39 Å². The summed E-state index contributed by atoms with van der Waals surface area (Å²) in [5.41, 5.74) is 8.78. The number of benzene rings is 1. The molecule has 0 aromatic heterocycles. The first-order valence-electron chi connectivity index (χ1n) is 10.8. The normalized spacial score (nSPS) is 33.7. The Kier molecular flexibility index (Phi) is 5.99. The highest BCUT2D eigenvalue weighted by Crippen LogP contribution is 2.31. The lowest BCUT2D eigenvalue weighted by atomic mass is 9.94. The number of halogens is 1. The number of likely N-dealkylation sites (tertiary alicyclic amines) is 1. The number of nitrogens with zero attached hydrogens (tertiary/aromatic N) is 1. The van der Waals surface area contributed by atoms with Gasteiger partial charge in [0.15, 0.2) is 0 Å². The quantitative estimate of drug-likeness (QED) is 0.722. The van der Waals surface area contributed by atoms with E-state index in [1.165, 1.54) is 11.1 Å². The van der Waals surface area contributed by atoms with Crippen molar-refractivity contribution in [3.8, 4) is 0 Å². The molecule has 3 unspecified atom stereocenters. The predicted octanol–water partition coefficient (Wildman–Crippen LogP) is 2.06. The van der Waals surface area contributed by atoms with Crippen LogP contribution >= 0.6 is 0 Å². The maximum atomic E-state index is 14.2. The van der Waals surface area contributed by atoms with Crippen molar-refractivity contribution in [2.24, 2.45) is 5.73 Å². The minimum absolute atomic E-state index is 0.0167. The molecule has 0 saturated carbocycles. The van der Waals surface area contributed by atoms with Gasteiger partial charge >= 0.3 is 0 Å². The van der Waals surface area contributed by atoms with Crippen LogP contribution < -0.4 is 16.4 Å². The van der Waals surface area contributed by atoms with E-state index in [4.69, 9.17) is 5.73 Å². The van der Waals surface area contributed by atoms with E-state index in [2.05, 4.69) is 34.9 Å². The molecule has 154 valence electrons. The van der Waals surface area contributed by atoms with Crippen LogP contribution in [0.1, 0.15) is 56.2 Å². The summed E-state index contributed by atoms with van der Waals surface area (Å²) in [6, 6.07) is 8.70. The van der Waals surface area contributed by atoms with Crippen LogP contribution in [0.5, 0.6) is 0 Å². The summed E-state index contributed by atoms with van der Waals surface area (Å²) in [5.74, 6) is 0.0455. The van der Waals surface area contributed by atoms with Gasteiger partial charge in [0.1, 0.15) is 6.17 Å². The summed E-state index contributed by atoms with van der Waals surface area (Å²) in [6.07, 6.45) is 4.45. The topological polar surface area (TPSA) is 70.4 Å². The van der Waals surface area contributed by atoms with E-state index in [1.54, 1.807) is 4.90 Å². The minimum Gasteiger partial charge on any atom is -0.334 e. The van der Waals surface area contributed by atoms with Crippen LogP contribution in [0.25, 0.3) is 0 Å². The van der Waals surface area contributed by atoms with E-state index in [0.717, 1.165) is 32.1 Å². The van der Waals surface area contributed by atoms with Crippen LogP contribution in [0.2, 0.25) is 0 Å². The number of alkyl halides is 1. The van der Waals surface area contributed by atoms with Gasteiger partial charge in [-0.2, -0.15) is 0 Å². The molecule has 2 saturated heterocycles. The van der Waals surface area contributed by atoms with E-state index in [0.29, 0.717) is 19.0 Å². The zero-order valence-corrected chi connectivity index (χ0v) is 16.7. The second-order valence-corrected chi connectivity index (χ2v) is 8.79. The van der Waals surface area contributed by atoms with E-state index in [9.17, 15) is 9.18 Å². The maximum absolute atomic E-state index is 14.2. The number of hydrogen-bond acceptors (Lipinski definition) is 4. The summed E-state index contributed by atoms with van der Waals surface area (Å²) < 4.78 is 14.2. The third-order valence-electron chi connectivity index (χ3n) is 6.74. The molecule has 3 aliphatic rings. The summed E-state index contributed by atoms with van der Waals surface area (Å²) in [7, 11) is 0. The van der Waals surface area contributed by atoms with E-state index in [1.807, 2.05) is 6.92 Å². The number of rotatable bonds is 5. The first-order chi connectivity index (χ1) is 13.5. The van der Waals surface area contributed by atoms with Gasteiger partial charge in [0.2, 0.25) is 5.91 Å². The van der Waals surface area contributed by atoms with Crippen LogP contribution in [-0.2, 0) is 11.2 Å². The fourth-order valence-corrected chi connectivity index (χ4v) is 5.15. The fourth-order valence-electron chi connectivity index (χ4n) is 5.15. The third kappa shape index (κ3) is 4.09. The van der Waals surface area contributed by atoms with Crippen LogP contribution in [0, 0.1) is 0 Å². The second-order valence-electron chi connectivity index (χ2n) is 8.79. The Labute approximate surface area is 167 Å². The average Bonchev–Trinajstić information content (AvgIpc) is 3.29. The number of fused-ring (bicyclic) bond motifs is 1. The van der Waals surface area contributed by atoms with Gasteiger partial charge in [-0.05, 0) is 50.2 Å². The van der Waals surface area contributed by atoms with Gasteiger partial charge < -0.3 is 21.3 Å². The third-order valence-corrected chi connectivity index (χ3v) is 6.74. The standard InChI is InChI=1S/C22H33FN4O/c1-14(24)19-7-4-8-21(26-19)22(28)27-13-16(23)11-17(27)12-25-20-10-9-15-5-2-3-6-18(15)20/h2-3,5-6,14,16-17,19-21,25-26H,4,7-13,24H2,1H3/t14?,16-,17+,19?,20-,21?/m1/s1. The first-order valence-corrected chi connectivity index (χ1v) is 10.8. The SMILES string of the molecule is CC(N)C1CCCC(C(=O)N2C[C@H](F)C[C@H]2CN[C@@H]2CCc3ccccc32)N1. The van der Waals surface area contributed by atoms with Gasteiger partial charge in [0.05, 0.1) is 12.6 Å². The van der Waals surface area contributed by atoms with E-state index in [-0.39, 0.29) is 36.6 Å². The lowest BCUT2D eigenvalue weighted by Gasteiger charge is -2.36. The summed E-state index contributed by atoms with van der Waals surface area (Å²) in [5, 5.41) is 7.03. The Morgan fingerprint density at radius 2 is 2.18 bits per heavy atom. The molecule has 2 aliphatic heterocycles. The highest BCUT2D eigenvalue weighted by molar-refractivity contribution is 5.82. The van der Waals surface area contributed by atoms with Crippen molar-refractivity contribution in [1.82, 2.24) is 15.5 Å². The predicted molar refractivity (Wildman–Crippen MR) is 109 cm³/mol. The van der Waals surface area contributed by atoms with Crippen LogP contribution in [0.15, 0.2) is 24.3 Å². The molecule has 1 aromatic carbocycles. The van der Waals surface area contributed by atoms with E-state index < -0.39 is 6.17 Å². The molecule has 1 aliphatic carbocycles. The Bertz CT molecular complexity index is 697. The molecule has 0 radical (unpaired) electrons. The van der Waals surface area contributed by atoms with Gasteiger partial charge in [-0.3, -0.25) is 4.79 Å². The van der Waals surface area contributed by atoms with Gasteiger partial charge in [-0.1, -0.05) is 24.3 Å². The number of aryl methyl sites for hydroxylation is 1. The largest absolute Gasteiger partial charge is 0.334 e. The summed E-state index contributed by atoms with van der Waals surface area (Å²) in [6.45, 7) is 2.84. The molecule has 0 bridgehead atoms. The molecule has 4 N–H and O–H groups in total. The summed E-state index contributed by atoms with van der Waals surface area (Å²) >= 11 is 0. The molecule has 2 fully saturated rings. The van der Waals surface area contributed by atoms with Crippen molar-refractivity contribution in [2.45, 2.75) is 81.8 Å². The Morgan fingerprint density at radius 3 is 3.00 bits per heavy atom. The first kappa shape index (κ1) is 19.8. The Balaban J connectivity index is 1.38. The molecule has 4 rings (SSSR count). The van der Waals surface area contributed by atoms with Gasteiger partial charge in [0.25, 0.3) is 0 Å². The molecule has 1 amide bonds. The van der Waals surface area contributed by atoms with Crippen molar-refractivity contribution in [3.05, 3.63) is 35.4 Å². The van der Waals surface area contributed by atoms with Gasteiger partial charge in [-0.25, -0.2) is 4.39 Å². The number of amides is 1. The highest BCUT2D eigenvalue weighted by atomic mass is 19.1. The van der Waals surface area contributed by atoms with Crippen molar-refractivity contribution in [3.63, 3.8) is 0 Å². The molecule has 28 heavy (non-hydrogen) atoms. The smallest absolute Gasteiger partial charge is 0.240 e. The van der Waals surface area contributed by atoms with Crippen molar-refractivity contribution < 1.29 is 9.18 Å². The Hall–Kier alpha value is -1.50. The van der Waals surface area contributed by atoms with Crippen LogP contribution in [0.3, 0.4) is 0 Å². The molecule has 6 atom stereocenters. The summed E-state index contributed by atoms with van der Waals surface area (Å²) in [4.78, 5) is 14.9. The number of carbonyl (C=O) groups is 1. The maximum Gasteiger partial charge on any atom is 0.240 e. The molecule has 1 aromatic rings. The van der Waals surface area contributed by atoms with Gasteiger partial charge in [-0.15, -0.1) is 0 Å². The molecule has 2 heterocycles. The molecule has 5 nitrogen and oxygen atoms in total. The number of nitrogens with one attached hydrogen (secondary N) is 2. The molecular weight excluding hydrogens is 355 g/mol. The number of hydrogen-bond donors (Lipinski definition) is 3. The average molecular weight is 389 g/mol. The van der Waals surface area contributed by atoms with Crippen molar-refractivity contribution >= 4 is 5.91 Å². The molecule has 0 spiro atoms. The number of piperidine rings is 1. The Morgan fingerprint density at radius 1 is 1.36 bits per heavy atom. The van der Waals surface area contributed by atoms with Crippen LogP contribution in [-0.4, -0.2) is 54.2 Å². The van der Waals surface area contributed by atoms with Crippen molar-refractivity contribution in [2.75, 3.05) is 13.1 Å². The monoisotopic (exact) mass is 388 g/mol. The highest BCUT2D eigenvalue weighted by Gasteiger charge is 2.40. The lowest BCUT2D eigenvalue weighted by Crippen LogP contribution is -2.57.